The molecule has 0 saturated carbocycles. The summed E-state index contributed by atoms with van der Waals surface area (Å²) >= 11 is 6.16. The third-order valence-corrected chi connectivity index (χ3v) is 4.58. The lowest BCUT2D eigenvalue weighted by molar-refractivity contribution is 0.437. The Bertz CT molecular complexity index is 1230. The van der Waals surface area contributed by atoms with Crippen molar-refractivity contribution in [3.05, 3.63) is 69.5 Å². The van der Waals surface area contributed by atoms with E-state index in [1.165, 1.54) is 6.07 Å². The highest BCUT2D eigenvalue weighted by atomic mass is 35.5. The highest BCUT2D eigenvalue weighted by Gasteiger charge is 2.21. The zero-order chi connectivity index (χ0) is 19.1. The number of aromatic hydroxyl groups is 1. The second-order valence-electron chi connectivity index (χ2n) is 6.16. The van der Waals surface area contributed by atoms with Gasteiger partial charge >= 0.3 is 5.63 Å². The van der Waals surface area contributed by atoms with E-state index in [0.29, 0.717) is 28.5 Å². The molecule has 4 aromatic rings. The van der Waals surface area contributed by atoms with Crippen LogP contribution in [0.2, 0.25) is 5.02 Å². The molecule has 136 valence electrons. The molecule has 1 N–H and O–H groups in total. The van der Waals surface area contributed by atoms with Crippen molar-refractivity contribution >= 4 is 17.2 Å². The molecule has 0 bridgehead atoms. The summed E-state index contributed by atoms with van der Waals surface area (Å²) in [6, 6.07) is 10.5. The summed E-state index contributed by atoms with van der Waals surface area (Å²) in [5.74, 6) is 0.176. The summed E-state index contributed by atoms with van der Waals surface area (Å²) in [7, 11) is 0. The molecule has 6 nitrogen and oxygen atoms in total. The first-order valence-electron chi connectivity index (χ1n) is 8.46. The fourth-order valence-corrected chi connectivity index (χ4v) is 3.39. The van der Waals surface area contributed by atoms with Crippen LogP contribution in [0.4, 0.5) is 0 Å². The van der Waals surface area contributed by atoms with Gasteiger partial charge in [-0.3, -0.25) is 0 Å². The standard InChI is InChI=1S/C20H16ClN3O3/c1-3-14-17(12-5-4-6-13(21)10-12)19-22-8-7-15(24(19)23-14)18-16(25)9-11(2)27-20(18)26/h4-10,25H,3H2,1-2H3. The maximum Gasteiger partial charge on any atom is 0.349 e. The average molecular weight is 382 g/mol. The first kappa shape index (κ1) is 17.3. The Hall–Kier alpha value is -3.12. The predicted octanol–water partition coefficient (Wildman–Crippen LogP) is 4.25. The molecule has 3 heterocycles. The SMILES string of the molecule is CCc1nn2c(-c3c(O)cc(C)oc3=O)ccnc2c1-c1cccc(Cl)c1. The van der Waals surface area contributed by atoms with Crippen molar-refractivity contribution in [3.8, 4) is 28.1 Å². The minimum atomic E-state index is -0.627. The monoisotopic (exact) mass is 381 g/mol. The fourth-order valence-electron chi connectivity index (χ4n) is 3.20. The van der Waals surface area contributed by atoms with Gasteiger partial charge in [0.05, 0.1) is 11.4 Å². The van der Waals surface area contributed by atoms with Crippen molar-refractivity contribution in [2.45, 2.75) is 20.3 Å². The van der Waals surface area contributed by atoms with Crippen LogP contribution in [0.1, 0.15) is 18.4 Å². The van der Waals surface area contributed by atoms with Crippen LogP contribution in [0.25, 0.3) is 28.0 Å². The molecule has 1 aromatic carbocycles. The predicted molar refractivity (Wildman–Crippen MR) is 103 cm³/mol. The van der Waals surface area contributed by atoms with E-state index in [2.05, 4.69) is 10.1 Å². The Labute approximate surface area is 159 Å². The molecule has 0 saturated heterocycles. The van der Waals surface area contributed by atoms with E-state index in [1.54, 1.807) is 29.8 Å². The number of aromatic nitrogens is 3. The van der Waals surface area contributed by atoms with Crippen LogP contribution in [0.3, 0.4) is 0 Å². The van der Waals surface area contributed by atoms with Gasteiger partial charge in [0.2, 0.25) is 0 Å². The maximum atomic E-state index is 12.4. The number of hydrogen-bond donors (Lipinski definition) is 1. The van der Waals surface area contributed by atoms with Gasteiger partial charge in [0, 0.05) is 22.8 Å². The van der Waals surface area contributed by atoms with Gasteiger partial charge < -0.3 is 9.52 Å². The van der Waals surface area contributed by atoms with Crippen molar-refractivity contribution in [3.63, 3.8) is 0 Å². The summed E-state index contributed by atoms with van der Waals surface area (Å²) in [5.41, 5.74) is 2.96. The Morgan fingerprint density at radius 2 is 2.04 bits per heavy atom. The number of aryl methyl sites for hydroxylation is 2. The smallest absolute Gasteiger partial charge is 0.349 e. The van der Waals surface area contributed by atoms with Gasteiger partial charge in [-0.05, 0) is 37.1 Å². The topological polar surface area (TPSA) is 80.6 Å². The quantitative estimate of drug-likeness (QED) is 0.574. The van der Waals surface area contributed by atoms with Crippen molar-refractivity contribution in [2.75, 3.05) is 0 Å². The average Bonchev–Trinajstić information content (AvgIpc) is 3.00. The van der Waals surface area contributed by atoms with Crippen LogP contribution in [0, 0.1) is 6.92 Å². The van der Waals surface area contributed by atoms with Gasteiger partial charge in [0.15, 0.2) is 5.65 Å². The maximum absolute atomic E-state index is 12.4. The molecule has 27 heavy (non-hydrogen) atoms. The normalized spacial score (nSPS) is 11.2. The Morgan fingerprint density at radius 3 is 2.74 bits per heavy atom. The summed E-state index contributed by atoms with van der Waals surface area (Å²) in [5, 5.41) is 15.6. The van der Waals surface area contributed by atoms with Crippen LogP contribution in [0.5, 0.6) is 5.75 Å². The third kappa shape index (κ3) is 2.88. The van der Waals surface area contributed by atoms with E-state index in [1.807, 2.05) is 25.1 Å². The zero-order valence-corrected chi connectivity index (χ0v) is 15.5. The van der Waals surface area contributed by atoms with E-state index in [0.717, 1.165) is 16.8 Å². The highest BCUT2D eigenvalue weighted by Crippen LogP contribution is 2.33. The lowest BCUT2D eigenvalue weighted by Gasteiger charge is -2.06. The summed E-state index contributed by atoms with van der Waals surface area (Å²) in [6.45, 7) is 3.60. The molecule has 3 aromatic heterocycles. The molecular formula is C20H16ClN3O3. The molecule has 0 unspecified atom stereocenters. The first-order chi connectivity index (χ1) is 13.0. The molecular weight excluding hydrogens is 366 g/mol. The number of benzene rings is 1. The highest BCUT2D eigenvalue weighted by molar-refractivity contribution is 6.30. The van der Waals surface area contributed by atoms with Crippen LogP contribution >= 0.6 is 11.6 Å². The van der Waals surface area contributed by atoms with Gasteiger partial charge in [-0.2, -0.15) is 5.10 Å². The van der Waals surface area contributed by atoms with Gasteiger partial charge in [-0.15, -0.1) is 0 Å². The third-order valence-electron chi connectivity index (χ3n) is 4.35. The van der Waals surface area contributed by atoms with Gasteiger partial charge in [0.1, 0.15) is 17.1 Å². The number of hydrogen-bond acceptors (Lipinski definition) is 5. The van der Waals surface area contributed by atoms with Crippen molar-refractivity contribution < 1.29 is 9.52 Å². The summed E-state index contributed by atoms with van der Waals surface area (Å²) in [6.07, 6.45) is 2.25. The molecule has 0 aliphatic rings. The molecule has 7 heteroatoms. The van der Waals surface area contributed by atoms with Crippen LogP contribution in [-0.2, 0) is 6.42 Å². The summed E-state index contributed by atoms with van der Waals surface area (Å²) in [4.78, 5) is 16.8. The zero-order valence-electron chi connectivity index (χ0n) is 14.7. The molecule has 0 aliphatic carbocycles. The van der Waals surface area contributed by atoms with E-state index >= 15 is 0 Å². The lowest BCUT2D eigenvalue weighted by atomic mass is 10.0. The first-order valence-corrected chi connectivity index (χ1v) is 8.84. The molecule has 0 radical (unpaired) electrons. The Morgan fingerprint density at radius 1 is 1.22 bits per heavy atom. The van der Waals surface area contributed by atoms with E-state index in [4.69, 9.17) is 16.0 Å². The second kappa shape index (κ2) is 6.55. The van der Waals surface area contributed by atoms with E-state index < -0.39 is 5.63 Å². The second-order valence-corrected chi connectivity index (χ2v) is 6.59. The number of fused-ring (bicyclic) bond motifs is 1. The Kier molecular flexibility index (Phi) is 4.20. The Balaban J connectivity index is 2.06. The minimum absolute atomic E-state index is 0.0517. The molecule has 0 spiro atoms. The van der Waals surface area contributed by atoms with Crippen molar-refractivity contribution in [1.82, 2.24) is 14.6 Å². The van der Waals surface area contributed by atoms with Crippen molar-refractivity contribution in [2.24, 2.45) is 0 Å². The van der Waals surface area contributed by atoms with Gasteiger partial charge in [0.25, 0.3) is 0 Å². The minimum Gasteiger partial charge on any atom is -0.507 e. The van der Waals surface area contributed by atoms with Gasteiger partial charge in [-0.1, -0.05) is 30.7 Å². The fraction of sp³-hybridized carbons (Fsp3) is 0.150. The molecule has 0 fully saturated rings. The summed E-state index contributed by atoms with van der Waals surface area (Å²) < 4.78 is 6.73. The van der Waals surface area contributed by atoms with E-state index in [9.17, 15) is 9.90 Å². The van der Waals surface area contributed by atoms with Crippen LogP contribution < -0.4 is 5.63 Å². The van der Waals surface area contributed by atoms with Gasteiger partial charge in [-0.25, -0.2) is 14.3 Å². The van der Waals surface area contributed by atoms with E-state index in [-0.39, 0.29) is 11.3 Å². The molecule has 0 amide bonds. The largest absolute Gasteiger partial charge is 0.507 e. The number of rotatable bonds is 3. The molecule has 0 aliphatic heterocycles. The number of halogens is 1. The molecule has 0 atom stereocenters. The number of nitrogens with zero attached hydrogens (tertiary/aromatic N) is 3. The lowest BCUT2D eigenvalue weighted by Crippen LogP contribution is -2.08. The van der Waals surface area contributed by atoms with Crippen molar-refractivity contribution in [1.29, 1.82) is 0 Å². The van der Waals surface area contributed by atoms with Crippen LogP contribution in [-0.4, -0.2) is 19.7 Å². The molecule has 4 rings (SSSR count). The van der Waals surface area contributed by atoms with Crippen LogP contribution in [0.15, 0.2) is 51.8 Å².